The zero-order valence-electron chi connectivity index (χ0n) is 16.7. The van der Waals surface area contributed by atoms with Gasteiger partial charge >= 0.3 is 0 Å². The summed E-state index contributed by atoms with van der Waals surface area (Å²) in [5, 5.41) is 9.60. The van der Waals surface area contributed by atoms with Crippen molar-refractivity contribution in [1.29, 1.82) is 0 Å². The van der Waals surface area contributed by atoms with Crippen LogP contribution < -0.4 is 9.64 Å². The predicted molar refractivity (Wildman–Crippen MR) is 110 cm³/mol. The highest BCUT2D eigenvalue weighted by Crippen LogP contribution is 2.36. The molecule has 1 saturated heterocycles. The summed E-state index contributed by atoms with van der Waals surface area (Å²) >= 11 is 0. The number of hydrogen-bond acceptors (Lipinski definition) is 5. The van der Waals surface area contributed by atoms with Gasteiger partial charge in [0, 0.05) is 19.7 Å². The molecule has 2 heterocycles. The molecule has 1 atom stereocenters. The van der Waals surface area contributed by atoms with Gasteiger partial charge in [-0.25, -0.2) is 9.29 Å². The number of likely N-dealkylation sites (tertiary alicyclic amines) is 1. The van der Waals surface area contributed by atoms with Crippen LogP contribution in [0.25, 0.3) is 5.57 Å². The molecule has 1 N–H and O–H groups in total. The van der Waals surface area contributed by atoms with Crippen molar-refractivity contribution in [2.45, 2.75) is 12.8 Å². The highest BCUT2D eigenvalue weighted by molar-refractivity contribution is 6.45. The SMILES string of the molecule is COc1ccc(N2C(=O)C(c3ccc(F)cc3)=C(N3CCCC(CO)C3)C2=O)cc1. The monoisotopic (exact) mass is 410 g/mol. The molecular weight excluding hydrogens is 387 g/mol. The van der Waals surface area contributed by atoms with Gasteiger partial charge in [0.15, 0.2) is 0 Å². The summed E-state index contributed by atoms with van der Waals surface area (Å²) in [5.41, 5.74) is 1.50. The Kier molecular flexibility index (Phi) is 5.55. The van der Waals surface area contributed by atoms with Gasteiger partial charge in [-0.1, -0.05) is 12.1 Å². The largest absolute Gasteiger partial charge is 0.497 e. The minimum atomic E-state index is -0.446. The Bertz CT molecular complexity index is 985. The van der Waals surface area contributed by atoms with E-state index in [9.17, 15) is 19.1 Å². The van der Waals surface area contributed by atoms with E-state index in [1.165, 1.54) is 24.3 Å². The van der Waals surface area contributed by atoms with E-state index in [1.54, 1.807) is 31.4 Å². The number of anilines is 1. The highest BCUT2D eigenvalue weighted by atomic mass is 19.1. The summed E-state index contributed by atoms with van der Waals surface area (Å²) in [6, 6.07) is 12.3. The maximum Gasteiger partial charge on any atom is 0.282 e. The molecule has 0 saturated carbocycles. The number of amides is 2. The van der Waals surface area contributed by atoms with Crippen molar-refractivity contribution in [2.24, 2.45) is 5.92 Å². The number of halogens is 1. The molecular formula is C23H23FN2O4. The summed E-state index contributed by atoms with van der Waals surface area (Å²) in [4.78, 5) is 29.9. The molecule has 156 valence electrons. The topological polar surface area (TPSA) is 70.1 Å². The summed E-state index contributed by atoms with van der Waals surface area (Å²) in [6.07, 6.45) is 1.69. The van der Waals surface area contributed by atoms with E-state index in [-0.39, 0.29) is 18.1 Å². The maximum atomic E-state index is 13.5. The summed E-state index contributed by atoms with van der Waals surface area (Å²) in [5.74, 6) is -0.616. The van der Waals surface area contributed by atoms with Crippen LogP contribution in [-0.4, -0.2) is 48.6 Å². The molecule has 0 aromatic heterocycles. The molecule has 1 fully saturated rings. The minimum absolute atomic E-state index is 0.0278. The van der Waals surface area contributed by atoms with E-state index >= 15 is 0 Å². The first-order chi connectivity index (χ1) is 14.5. The molecule has 0 bridgehead atoms. The van der Waals surface area contributed by atoms with E-state index in [1.807, 2.05) is 4.90 Å². The van der Waals surface area contributed by atoms with E-state index in [0.29, 0.717) is 35.8 Å². The van der Waals surface area contributed by atoms with Crippen LogP contribution in [0, 0.1) is 11.7 Å². The zero-order valence-corrected chi connectivity index (χ0v) is 16.7. The van der Waals surface area contributed by atoms with E-state index in [0.717, 1.165) is 17.7 Å². The zero-order chi connectivity index (χ0) is 21.3. The third-order valence-electron chi connectivity index (χ3n) is 5.62. The number of carbonyl (C=O) groups is 2. The van der Waals surface area contributed by atoms with Crippen molar-refractivity contribution < 1.29 is 23.8 Å². The Balaban J connectivity index is 1.78. The summed E-state index contributed by atoms with van der Waals surface area (Å²) < 4.78 is 18.6. The van der Waals surface area contributed by atoms with Crippen molar-refractivity contribution in [1.82, 2.24) is 4.90 Å². The summed E-state index contributed by atoms with van der Waals surface area (Å²) in [6.45, 7) is 1.14. The molecule has 4 rings (SSSR count). The van der Waals surface area contributed by atoms with Gasteiger partial charge in [0.25, 0.3) is 11.8 Å². The number of hydrogen-bond donors (Lipinski definition) is 1. The van der Waals surface area contributed by atoms with Crippen LogP contribution in [0.1, 0.15) is 18.4 Å². The van der Waals surface area contributed by atoms with Gasteiger partial charge in [0.2, 0.25) is 0 Å². The first-order valence-corrected chi connectivity index (χ1v) is 9.92. The number of piperidine rings is 1. The lowest BCUT2D eigenvalue weighted by atomic mass is 9.97. The van der Waals surface area contributed by atoms with Gasteiger partial charge in [-0.15, -0.1) is 0 Å². The Labute approximate surface area is 174 Å². The normalized spacial score (nSPS) is 19.6. The van der Waals surface area contributed by atoms with Crippen molar-refractivity contribution in [3.63, 3.8) is 0 Å². The lowest BCUT2D eigenvalue weighted by Gasteiger charge is -2.34. The van der Waals surface area contributed by atoms with Gasteiger partial charge in [-0.05, 0) is 60.7 Å². The fourth-order valence-corrected chi connectivity index (χ4v) is 4.07. The third-order valence-corrected chi connectivity index (χ3v) is 5.62. The lowest BCUT2D eigenvalue weighted by molar-refractivity contribution is -0.120. The van der Waals surface area contributed by atoms with Crippen LogP contribution in [0.3, 0.4) is 0 Å². The van der Waals surface area contributed by atoms with Crippen LogP contribution in [0.15, 0.2) is 54.2 Å². The standard InChI is InChI=1S/C23H23FN2O4/c1-30-19-10-8-18(9-11-19)26-22(28)20(16-4-6-17(24)7-5-16)21(23(26)29)25-12-2-3-15(13-25)14-27/h4-11,15,27H,2-3,12-14H2,1H3. The molecule has 2 aromatic rings. The predicted octanol–water partition coefficient (Wildman–Crippen LogP) is 2.82. The number of ether oxygens (including phenoxy) is 1. The second-order valence-electron chi connectivity index (χ2n) is 7.51. The van der Waals surface area contributed by atoms with Gasteiger partial charge in [0.05, 0.1) is 18.4 Å². The van der Waals surface area contributed by atoms with Crippen LogP contribution >= 0.6 is 0 Å². The average molecular weight is 410 g/mol. The Morgan fingerprint density at radius 3 is 2.40 bits per heavy atom. The molecule has 2 aliphatic rings. The average Bonchev–Trinajstić information content (AvgIpc) is 3.04. The molecule has 30 heavy (non-hydrogen) atoms. The fraction of sp³-hybridized carbons (Fsp3) is 0.304. The first kappa shape index (κ1) is 20.1. The van der Waals surface area contributed by atoms with Gasteiger partial charge < -0.3 is 14.7 Å². The second-order valence-corrected chi connectivity index (χ2v) is 7.51. The van der Waals surface area contributed by atoms with Crippen molar-refractivity contribution in [2.75, 3.05) is 31.7 Å². The van der Waals surface area contributed by atoms with E-state index in [2.05, 4.69) is 0 Å². The molecule has 2 amide bonds. The Morgan fingerprint density at radius 2 is 1.77 bits per heavy atom. The number of aliphatic hydroxyl groups is 1. The number of aliphatic hydroxyl groups excluding tert-OH is 1. The molecule has 2 aliphatic heterocycles. The molecule has 0 radical (unpaired) electrons. The number of carbonyl (C=O) groups excluding carboxylic acids is 2. The lowest BCUT2D eigenvalue weighted by Crippen LogP contribution is -2.40. The van der Waals surface area contributed by atoms with Crippen LogP contribution in [0.4, 0.5) is 10.1 Å². The Morgan fingerprint density at radius 1 is 1.07 bits per heavy atom. The van der Waals surface area contributed by atoms with Crippen molar-refractivity contribution in [3.05, 3.63) is 65.6 Å². The minimum Gasteiger partial charge on any atom is -0.497 e. The van der Waals surface area contributed by atoms with E-state index in [4.69, 9.17) is 4.74 Å². The molecule has 0 spiro atoms. The highest BCUT2D eigenvalue weighted by Gasteiger charge is 2.43. The number of benzene rings is 2. The van der Waals surface area contributed by atoms with Crippen LogP contribution in [0.2, 0.25) is 0 Å². The number of rotatable bonds is 5. The third kappa shape index (κ3) is 3.57. The van der Waals surface area contributed by atoms with Crippen LogP contribution in [-0.2, 0) is 9.59 Å². The number of nitrogens with zero attached hydrogens (tertiary/aromatic N) is 2. The number of methoxy groups -OCH3 is 1. The van der Waals surface area contributed by atoms with Crippen molar-refractivity contribution in [3.8, 4) is 5.75 Å². The smallest absolute Gasteiger partial charge is 0.282 e. The Hall–Kier alpha value is -3.19. The molecule has 6 nitrogen and oxygen atoms in total. The van der Waals surface area contributed by atoms with Crippen molar-refractivity contribution >= 4 is 23.1 Å². The van der Waals surface area contributed by atoms with Gasteiger partial charge in [-0.3, -0.25) is 9.59 Å². The fourth-order valence-electron chi connectivity index (χ4n) is 4.07. The maximum absolute atomic E-state index is 13.5. The molecule has 0 aliphatic carbocycles. The van der Waals surface area contributed by atoms with Crippen LogP contribution in [0.5, 0.6) is 5.75 Å². The first-order valence-electron chi connectivity index (χ1n) is 9.92. The quantitative estimate of drug-likeness (QED) is 0.768. The van der Waals surface area contributed by atoms with E-state index < -0.39 is 17.6 Å². The molecule has 1 unspecified atom stereocenters. The van der Waals surface area contributed by atoms with Gasteiger partial charge in [-0.2, -0.15) is 0 Å². The second kappa shape index (κ2) is 8.28. The van der Waals surface area contributed by atoms with Gasteiger partial charge in [0.1, 0.15) is 17.3 Å². The summed E-state index contributed by atoms with van der Waals surface area (Å²) in [7, 11) is 1.54. The molecule has 7 heteroatoms. The molecule has 2 aromatic carbocycles. The number of imide groups is 1.